The van der Waals surface area contributed by atoms with Gasteiger partial charge in [-0.1, -0.05) is 42.5 Å². The summed E-state index contributed by atoms with van der Waals surface area (Å²) in [5.74, 6) is 0.651. The van der Waals surface area contributed by atoms with Crippen molar-refractivity contribution < 1.29 is 22.6 Å². The fourth-order valence-electron chi connectivity index (χ4n) is 2.11. The third-order valence-electron chi connectivity index (χ3n) is 3.20. The number of hydrogen-bond acceptors (Lipinski definition) is 2. The molecule has 0 aliphatic heterocycles. The van der Waals surface area contributed by atoms with Gasteiger partial charge in [0.1, 0.15) is 12.4 Å². The monoisotopic (exact) mass is 310 g/mol. The van der Waals surface area contributed by atoms with Crippen LogP contribution < -0.4 is 4.74 Å². The third kappa shape index (κ3) is 5.07. The molecule has 2 rings (SSSR count). The SMILES string of the molecule is COc1ccc(C(Cc2ccccc2)OCC(F)(F)F)cc1. The van der Waals surface area contributed by atoms with Gasteiger partial charge < -0.3 is 9.47 Å². The first-order valence-electron chi connectivity index (χ1n) is 6.84. The first-order valence-corrected chi connectivity index (χ1v) is 6.84. The summed E-state index contributed by atoms with van der Waals surface area (Å²) in [6, 6.07) is 16.2. The van der Waals surface area contributed by atoms with E-state index in [1.54, 1.807) is 24.3 Å². The van der Waals surface area contributed by atoms with Crippen LogP contribution in [-0.4, -0.2) is 19.9 Å². The van der Waals surface area contributed by atoms with Gasteiger partial charge in [-0.15, -0.1) is 0 Å². The Hall–Kier alpha value is -2.01. The second-order valence-corrected chi connectivity index (χ2v) is 4.88. The summed E-state index contributed by atoms with van der Waals surface area (Å²) in [7, 11) is 1.54. The molecule has 5 heteroatoms. The second kappa shape index (κ2) is 7.31. The minimum Gasteiger partial charge on any atom is -0.497 e. The van der Waals surface area contributed by atoms with Gasteiger partial charge in [-0.2, -0.15) is 13.2 Å². The Morgan fingerprint density at radius 3 is 2.14 bits per heavy atom. The molecule has 1 unspecified atom stereocenters. The number of methoxy groups -OCH3 is 1. The first-order chi connectivity index (χ1) is 10.5. The zero-order valence-electron chi connectivity index (χ0n) is 12.1. The molecule has 0 saturated carbocycles. The van der Waals surface area contributed by atoms with E-state index in [0.29, 0.717) is 17.7 Å². The van der Waals surface area contributed by atoms with Crippen molar-refractivity contribution in [2.24, 2.45) is 0 Å². The molecule has 0 aromatic heterocycles. The molecule has 22 heavy (non-hydrogen) atoms. The van der Waals surface area contributed by atoms with Crippen LogP contribution >= 0.6 is 0 Å². The number of alkyl halides is 3. The molecule has 0 bridgehead atoms. The van der Waals surface area contributed by atoms with Crippen molar-refractivity contribution in [2.45, 2.75) is 18.7 Å². The fourth-order valence-corrected chi connectivity index (χ4v) is 2.11. The van der Waals surface area contributed by atoms with Crippen molar-refractivity contribution in [1.29, 1.82) is 0 Å². The van der Waals surface area contributed by atoms with Gasteiger partial charge in [0.25, 0.3) is 0 Å². The van der Waals surface area contributed by atoms with Crippen LogP contribution in [0.25, 0.3) is 0 Å². The number of rotatable bonds is 6. The van der Waals surface area contributed by atoms with Gasteiger partial charge in [-0.25, -0.2) is 0 Å². The van der Waals surface area contributed by atoms with Gasteiger partial charge in [0, 0.05) is 6.42 Å². The number of ether oxygens (including phenoxy) is 2. The predicted molar refractivity (Wildman–Crippen MR) is 77.9 cm³/mol. The van der Waals surface area contributed by atoms with Crippen LogP contribution in [0.15, 0.2) is 54.6 Å². The molecule has 2 aromatic rings. The van der Waals surface area contributed by atoms with E-state index in [1.807, 2.05) is 30.3 Å². The Morgan fingerprint density at radius 2 is 1.59 bits per heavy atom. The maximum atomic E-state index is 12.4. The van der Waals surface area contributed by atoms with E-state index >= 15 is 0 Å². The molecule has 118 valence electrons. The number of hydrogen-bond donors (Lipinski definition) is 0. The van der Waals surface area contributed by atoms with Crippen LogP contribution in [0.5, 0.6) is 5.75 Å². The largest absolute Gasteiger partial charge is 0.497 e. The standard InChI is InChI=1S/C17H17F3O2/c1-21-15-9-7-14(8-10-15)16(22-12-17(18,19)20)11-13-5-3-2-4-6-13/h2-10,16H,11-12H2,1H3. The summed E-state index contributed by atoms with van der Waals surface area (Å²) in [4.78, 5) is 0. The van der Waals surface area contributed by atoms with E-state index in [4.69, 9.17) is 9.47 Å². The van der Waals surface area contributed by atoms with E-state index in [-0.39, 0.29) is 0 Å². The summed E-state index contributed by atoms with van der Waals surface area (Å²) >= 11 is 0. The lowest BCUT2D eigenvalue weighted by atomic mass is 10.0. The Balaban J connectivity index is 2.16. The van der Waals surface area contributed by atoms with Crippen LogP contribution in [0, 0.1) is 0 Å². The van der Waals surface area contributed by atoms with Gasteiger partial charge in [-0.3, -0.25) is 0 Å². The highest BCUT2D eigenvalue weighted by Crippen LogP contribution is 2.27. The molecular formula is C17H17F3O2. The zero-order valence-corrected chi connectivity index (χ0v) is 12.1. The molecule has 0 amide bonds. The third-order valence-corrected chi connectivity index (χ3v) is 3.20. The quantitative estimate of drug-likeness (QED) is 0.779. The molecule has 2 nitrogen and oxygen atoms in total. The normalized spacial score (nSPS) is 12.9. The maximum absolute atomic E-state index is 12.4. The van der Waals surface area contributed by atoms with Crippen LogP contribution in [0.4, 0.5) is 13.2 Å². The fraction of sp³-hybridized carbons (Fsp3) is 0.294. The van der Waals surface area contributed by atoms with Gasteiger partial charge >= 0.3 is 6.18 Å². The van der Waals surface area contributed by atoms with Crippen LogP contribution in [-0.2, 0) is 11.2 Å². The highest BCUT2D eigenvalue weighted by Gasteiger charge is 2.29. The van der Waals surface area contributed by atoms with Gasteiger partial charge in [0.2, 0.25) is 0 Å². The lowest BCUT2D eigenvalue weighted by molar-refractivity contribution is -0.186. The van der Waals surface area contributed by atoms with Crippen LogP contribution in [0.1, 0.15) is 17.2 Å². The Labute approximate surface area is 127 Å². The molecular weight excluding hydrogens is 293 g/mol. The Kier molecular flexibility index (Phi) is 5.44. The van der Waals surface area contributed by atoms with E-state index in [1.165, 1.54) is 7.11 Å². The topological polar surface area (TPSA) is 18.5 Å². The summed E-state index contributed by atoms with van der Waals surface area (Å²) < 4.78 is 47.5. The van der Waals surface area contributed by atoms with E-state index in [0.717, 1.165) is 5.56 Å². The average Bonchev–Trinajstić information content (AvgIpc) is 2.52. The van der Waals surface area contributed by atoms with Crippen molar-refractivity contribution in [3.63, 3.8) is 0 Å². The van der Waals surface area contributed by atoms with Gasteiger partial charge in [-0.05, 0) is 23.3 Å². The number of halogens is 3. The van der Waals surface area contributed by atoms with Gasteiger partial charge in [0.15, 0.2) is 0 Å². The molecule has 0 radical (unpaired) electrons. The summed E-state index contributed by atoms with van der Waals surface area (Å²) in [6.45, 7) is -1.27. The highest BCUT2D eigenvalue weighted by molar-refractivity contribution is 5.29. The first kappa shape index (κ1) is 16.4. The van der Waals surface area contributed by atoms with Crippen LogP contribution in [0.3, 0.4) is 0 Å². The van der Waals surface area contributed by atoms with Crippen molar-refractivity contribution in [1.82, 2.24) is 0 Å². The van der Waals surface area contributed by atoms with Gasteiger partial charge in [0.05, 0.1) is 13.2 Å². The minimum absolute atomic E-state index is 0.378. The lowest BCUT2D eigenvalue weighted by Crippen LogP contribution is -2.20. The van der Waals surface area contributed by atoms with Crippen molar-refractivity contribution in [2.75, 3.05) is 13.7 Å². The number of benzene rings is 2. The smallest absolute Gasteiger partial charge is 0.411 e. The Bertz CT molecular complexity index is 565. The molecule has 0 saturated heterocycles. The molecule has 0 heterocycles. The summed E-state index contributed by atoms with van der Waals surface area (Å²) in [5.41, 5.74) is 1.61. The van der Waals surface area contributed by atoms with Crippen LogP contribution in [0.2, 0.25) is 0 Å². The lowest BCUT2D eigenvalue weighted by Gasteiger charge is -2.20. The molecule has 2 aromatic carbocycles. The molecule has 0 aliphatic carbocycles. The van der Waals surface area contributed by atoms with E-state index in [2.05, 4.69) is 0 Å². The Morgan fingerprint density at radius 1 is 0.955 bits per heavy atom. The predicted octanol–water partition coefficient (Wildman–Crippen LogP) is 4.56. The van der Waals surface area contributed by atoms with E-state index in [9.17, 15) is 13.2 Å². The minimum atomic E-state index is -4.35. The highest BCUT2D eigenvalue weighted by atomic mass is 19.4. The maximum Gasteiger partial charge on any atom is 0.411 e. The van der Waals surface area contributed by atoms with Crippen molar-refractivity contribution >= 4 is 0 Å². The molecule has 1 atom stereocenters. The average molecular weight is 310 g/mol. The van der Waals surface area contributed by atoms with Crippen molar-refractivity contribution in [3.05, 3.63) is 65.7 Å². The van der Waals surface area contributed by atoms with Crippen molar-refractivity contribution in [3.8, 4) is 5.75 Å². The van der Waals surface area contributed by atoms with E-state index < -0.39 is 18.9 Å². The molecule has 0 N–H and O–H groups in total. The summed E-state index contributed by atoms with van der Waals surface area (Å²) in [5, 5.41) is 0. The molecule has 0 fully saturated rings. The molecule has 0 aliphatic rings. The molecule has 0 spiro atoms. The zero-order chi connectivity index (χ0) is 16.0. The second-order valence-electron chi connectivity index (χ2n) is 4.88. The summed E-state index contributed by atoms with van der Waals surface area (Å²) in [6.07, 6.45) is -4.63.